The van der Waals surface area contributed by atoms with Crippen LogP contribution >= 0.6 is 0 Å². The predicted octanol–water partition coefficient (Wildman–Crippen LogP) is 4.96. The third-order valence-electron chi connectivity index (χ3n) is 3.57. The Balaban J connectivity index is 1.72. The molecule has 2 heteroatoms. The molecule has 0 amide bonds. The SMILES string of the molecule is Cc1ccc(N/C=C/C(=O)c2ccc3ccccc3c2)cc1. The lowest BCUT2D eigenvalue weighted by atomic mass is 10.0. The second-order valence-electron chi connectivity index (χ2n) is 5.27. The standard InChI is InChI=1S/C20H17NO/c1-15-6-10-19(11-7-15)21-13-12-20(22)18-9-8-16-4-2-3-5-17(16)14-18/h2-14,21H,1H3/b13-12+. The normalized spacial score (nSPS) is 11.0. The van der Waals surface area contributed by atoms with Crippen molar-refractivity contribution in [1.82, 2.24) is 0 Å². The molecule has 0 aliphatic rings. The van der Waals surface area contributed by atoms with Gasteiger partial charge in [0.05, 0.1) is 0 Å². The van der Waals surface area contributed by atoms with Crippen molar-refractivity contribution in [2.24, 2.45) is 0 Å². The zero-order valence-electron chi connectivity index (χ0n) is 12.4. The molecule has 3 aromatic carbocycles. The first kappa shape index (κ1) is 14.1. The summed E-state index contributed by atoms with van der Waals surface area (Å²) in [6.07, 6.45) is 3.24. The molecule has 0 aromatic heterocycles. The van der Waals surface area contributed by atoms with Gasteiger partial charge >= 0.3 is 0 Å². The van der Waals surface area contributed by atoms with Gasteiger partial charge in [0.15, 0.2) is 5.78 Å². The minimum absolute atomic E-state index is 0.00892. The van der Waals surface area contributed by atoms with Crippen molar-refractivity contribution in [3.05, 3.63) is 90.1 Å². The number of fused-ring (bicyclic) bond motifs is 1. The van der Waals surface area contributed by atoms with Gasteiger partial charge in [0.2, 0.25) is 0 Å². The van der Waals surface area contributed by atoms with Gasteiger partial charge < -0.3 is 5.32 Å². The molecule has 0 saturated carbocycles. The average Bonchev–Trinajstić information content (AvgIpc) is 2.56. The molecule has 0 bridgehead atoms. The summed E-state index contributed by atoms with van der Waals surface area (Å²) in [7, 11) is 0. The summed E-state index contributed by atoms with van der Waals surface area (Å²) < 4.78 is 0. The van der Waals surface area contributed by atoms with E-state index in [0.717, 1.165) is 16.5 Å². The lowest BCUT2D eigenvalue weighted by Gasteiger charge is -2.02. The van der Waals surface area contributed by atoms with Gasteiger partial charge in [-0.25, -0.2) is 0 Å². The van der Waals surface area contributed by atoms with Crippen LogP contribution in [0.25, 0.3) is 10.8 Å². The molecule has 2 nitrogen and oxygen atoms in total. The molecule has 0 spiro atoms. The molecule has 1 N–H and O–H groups in total. The van der Waals surface area contributed by atoms with Gasteiger partial charge in [-0.1, -0.05) is 54.1 Å². The summed E-state index contributed by atoms with van der Waals surface area (Å²) in [5, 5.41) is 5.33. The van der Waals surface area contributed by atoms with Crippen molar-refractivity contribution in [3.8, 4) is 0 Å². The number of benzene rings is 3. The van der Waals surface area contributed by atoms with Crippen LogP contribution in [0.3, 0.4) is 0 Å². The van der Waals surface area contributed by atoms with E-state index < -0.39 is 0 Å². The highest BCUT2D eigenvalue weighted by Gasteiger charge is 2.02. The summed E-state index contributed by atoms with van der Waals surface area (Å²) in [6, 6.07) is 21.8. The average molecular weight is 287 g/mol. The molecule has 0 saturated heterocycles. The lowest BCUT2D eigenvalue weighted by Crippen LogP contribution is -1.96. The lowest BCUT2D eigenvalue weighted by molar-refractivity contribution is 0.104. The van der Waals surface area contributed by atoms with Crippen molar-refractivity contribution in [1.29, 1.82) is 0 Å². The number of rotatable bonds is 4. The van der Waals surface area contributed by atoms with Gasteiger partial charge in [-0.3, -0.25) is 4.79 Å². The van der Waals surface area contributed by atoms with Gasteiger partial charge in [-0.15, -0.1) is 0 Å². The Bertz CT molecular complexity index is 832. The maximum Gasteiger partial charge on any atom is 0.187 e. The third kappa shape index (κ3) is 3.23. The Morgan fingerprint density at radius 2 is 1.64 bits per heavy atom. The smallest absolute Gasteiger partial charge is 0.187 e. The minimum Gasteiger partial charge on any atom is -0.362 e. The van der Waals surface area contributed by atoms with Crippen LogP contribution in [0.1, 0.15) is 15.9 Å². The zero-order chi connectivity index (χ0) is 15.4. The van der Waals surface area contributed by atoms with Crippen LogP contribution in [-0.4, -0.2) is 5.78 Å². The van der Waals surface area contributed by atoms with Crippen LogP contribution in [0.2, 0.25) is 0 Å². The molecule has 108 valence electrons. The molecule has 0 aliphatic heterocycles. The fraction of sp³-hybridized carbons (Fsp3) is 0.0500. The first-order valence-electron chi connectivity index (χ1n) is 7.25. The summed E-state index contributed by atoms with van der Waals surface area (Å²) in [5.41, 5.74) is 2.87. The molecule has 0 radical (unpaired) electrons. The van der Waals surface area contributed by atoms with E-state index in [0.29, 0.717) is 5.56 Å². The number of aryl methyl sites for hydroxylation is 1. The van der Waals surface area contributed by atoms with Gasteiger partial charge in [0.25, 0.3) is 0 Å². The van der Waals surface area contributed by atoms with Crippen molar-refractivity contribution in [2.45, 2.75) is 6.92 Å². The van der Waals surface area contributed by atoms with E-state index in [1.165, 1.54) is 5.56 Å². The van der Waals surface area contributed by atoms with Crippen LogP contribution in [0, 0.1) is 6.92 Å². The minimum atomic E-state index is -0.00892. The topological polar surface area (TPSA) is 29.1 Å². The highest BCUT2D eigenvalue weighted by atomic mass is 16.1. The Hall–Kier alpha value is -2.87. The molecular weight excluding hydrogens is 270 g/mol. The molecule has 0 aliphatic carbocycles. The van der Waals surface area contributed by atoms with E-state index in [-0.39, 0.29) is 5.78 Å². The number of ketones is 1. The van der Waals surface area contributed by atoms with E-state index in [1.807, 2.05) is 73.7 Å². The predicted molar refractivity (Wildman–Crippen MR) is 92.2 cm³/mol. The molecule has 0 fully saturated rings. The van der Waals surface area contributed by atoms with Crippen LogP contribution < -0.4 is 5.32 Å². The fourth-order valence-corrected chi connectivity index (χ4v) is 2.30. The molecule has 22 heavy (non-hydrogen) atoms. The number of allylic oxidation sites excluding steroid dienone is 1. The molecule has 0 unspecified atom stereocenters. The van der Waals surface area contributed by atoms with Crippen LogP contribution in [-0.2, 0) is 0 Å². The maximum absolute atomic E-state index is 12.2. The largest absolute Gasteiger partial charge is 0.362 e. The monoisotopic (exact) mass is 287 g/mol. The number of carbonyl (C=O) groups excluding carboxylic acids is 1. The van der Waals surface area contributed by atoms with E-state index in [9.17, 15) is 4.79 Å². The van der Waals surface area contributed by atoms with Crippen molar-refractivity contribution >= 4 is 22.2 Å². The maximum atomic E-state index is 12.2. The first-order valence-corrected chi connectivity index (χ1v) is 7.25. The van der Waals surface area contributed by atoms with E-state index in [2.05, 4.69) is 5.32 Å². The van der Waals surface area contributed by atoms with Gasteiger partial charge in [-0.05, 0) is 35.9 Å². The Morgan fingerprint density at radius 3 is 2.41 bits per heavy atom. The number of anilines is 1. The molecular formula is C20H17NO. The number of nitrogens with one attached hydrogen (secondary N) is 1. The van der Waals surface area contributed by atoms with Gasteiger partial charge in [0, 0.05) is 23.5 Å². The Labute approximate surface area is 130 Å². The summed E-state index contributed by atoms with van der Waals surface area (Å²) in [5.74, 6) is -0.00892. The zero-order valence-corrected chi connectivity index (χ0v) is 12.4. The molecule has 3 aromatic rings. The highest BCUT2D eigenvalue weighted by Crippen LogP contribution is 2.16. The second kappa shape index (κ2) is 6.27. The van der Waals surface area contributed by atoms with Gasteiger partial charge in [0.1, 0.15) is 0 Å². The third-order valence-corrected chi connectivity index (χ3v) is 3.57. The molecule has 0 heterocycles. The quantitative estimate of drug-likeness (QED) is 0.543. The Morgan fingerprint density at radius 1 is 0.909 bits per heavy atom. The first-order chi connectivity index (χ1) is 10.7. The number of hydrogen-bond acceptors (Lipinski definition) is 2. The van der Waals surface area contributed by atoms with E-state index in [1.54, 1.807) is 12.3 Å². The van der Waals surface area contributed by atoms with E-state index >= 15 is 0 Å². The van der Waals surface area contributed by atoms with E-state index in [4.69, 9.17) is 0 Å². The number of hydrogen-bond donors (Lipinski definition) is 1. The Kier molecular flexibility index (Phi) is 4.01. The summed E-state index contributed by atoms with van der Waals surface area (Å²) >= 11 is 0. The summed E-state index contributed by atoms with van der Waals surface area (Å²) in [6.45, 7) is 2.04. The van der Waals surface area contributed by atoms with Crippen molar-refractivity contribution < 1.29 is 4.79 Å². The fourth-order valence-electron chi connectivity index (χ4n) is 2.30. The number of carbonyl (C=O) groups is 1. The van der Waals surface area contributed by atoms with Crippen molar-refractivity contribution in [3.63, 3.8) is 0 Å². The van der Waals surface area contributed by atoms with Gasteiger partial charge in [-0.2, -0.15) is 0 Å². The molecule has 0 atom stereocenters. The van der Waals surface area contributed by atoms with Crippen molar-refractivity contribution in [2.75, 3.05) is 5.32 Å². The molecule has 3 rings (SSSR count). The highest BCUT2D eigenvalue weighted by molar-refractivity contribution is 6.06. The second-order valence-corrected chi connectivity index (χ2v) is 5.27. The summed E-state index contributed by atoms with van der Waals surface area (Å²) in [4.78, 5) is 12.2. The van der Waals surface area contributed by atoms with Crippen LogP contribution in [0.15, 0.2) is 79.0 Å². The van der Waals surface area contributed by atoms with Crippen LogP contribution in [0.4, 0.5) is 5.69 Å². The van der Waals surface area contributed by atoms with Crippen LogP contribution in [0.5, 0.6) is 0 Å².